The molecule has 0 radical (unpaired) electrons. The van der Waals surface area contributed by atoms with Crippen LogP contribution >= 0.6 is 0 Å². The standard InChI is InChI=1S/C15H23N3/c1-2-8-16-9-10-17-11-13-18(14-12-17)15-6-4-3-5-7-15/h2-7,16H,1,8-14H2. The highest BCUT2D eigenvalue weighted by atomic mass is 15.3. The maximum absolute atomic E-state index is 3.71. The van der Waals surface area contributed by atoms with Crippen molar-refractivity contribution < 1.29 is 0 Å². The van der Waals surface area contributed by atoms with Gasteiger partial charge in [0.05, 0.1) is 0 Å². The van der Waals surface area contributed by atoms with Gasteiger partial charge in [-0.15, -0.1) is 6.58 Å². The second kappa shape index (κ2) is 7.19. The minimum atomic E-state index is 0.907. The van der Waals surface area contributed by atoms with E-state index >= 15 is 0 Å². The van der Waals surface area contributed by atoms with Gasteiger partial charge < -0.3 is 10.2 Å². The highest BCUT2D eigenvalue weighted by Gasteiger charge is 2.16. The van der Waals surface area contributed by atoms with Crippen LogP contribution in [-0.2, 0) is 0 Å². The largest absolute Gasteiger partial charge is 0.369 e. The lowest BCUT2D eigenvalue weighted by atomic mass is 10.2. The second-order valence-corrected chi connectivity index (χ2v) is 4.66. The number of para-hydroxylation sites is 1. The number of rotatable bonds is 6. The summed E-state index contributed by atoms with van der Waals surface area (Å²) in [5.41, 5.74) is 1.35. The van der Waals surface area contributed by atoms with E-state index < -0.39 is 0 Å². The van der Waals surface area contributed by atoms with Crippen LogP contribution < -0.4 is 10.2 Å². The first-order valence-electron chi connectivity index (χ1n) is 6.74. The zero-order valence-electron chi connectivity index (χ0n) is 11.0. The lowest BCUT2D eigenvalue weighted by Crippen LogP contribution is -2.48. The first kappa shape index (κ1) is 13.1. The van der Waals surface area contributed by atoms with Crippen LogP contribution in [0.2, 0.25) is 0 Å². The monoisotopic (exact) mass is 245 g/mol. The third kappa shape index (κ3) is 3.86. The van der Waals surface area contributed by atoms with Crippen LogP contribution in [0.25, 0.3) is 0 Å². The number of piperazine rings is 1. The minimum Gasteiger partial charge on any atom is -0.369 e. The molecule has 1 aromatic rings. The molecule has 0 saturated carbocycles. The third-order valence-electron chi connectivity index (χ3n) is 3.39. The lowest BCUT2D eigenvalue weighted by molar-refractivity contribution is 0.259. The molecule has 98 valence electrons. The molecular formula is C15H23N3. The Bertz CT molecular complexity index is 342. The molecule has 1 aliphatic rings. The first-order valence-corrected chi connectivity index (χ1v) is 6.74. The van der Waals surface area contributed by atoms with E-state index in [1.165, 1.54) is 5.69 Å². The summed E-state index contributed by atoms with van der Waals surface area (Å²) < 4.78 is 0. The average molecular weight is 245 g/mol. The Morgan fingerprint density at radius 2 is 1.83 bits per heavy atom. The summed E-state index contributed by atoms with van der Waals surface area (Å²) in [6.45, 7) is 11.4. The molecule has 1 aliphatic heterocycles. The first-order chi connectivity index (χ1) is 8.90. The Morgan fingerprint density at radius 1 is 1.11 bits per heavy atom. The van der Waals surface area contributed by atoms with Crippen molar-refractivity contribution in [2.24, 2.45) is 0 Å². The number of benzene rings is 1. The van der Waals surface area contributed by atoms with Crippen LogP contribution in [0.15, 0.2) is 43.0 Å². The number of nitrogens with zero attached hydrogens (tertiary/aromatic N) is 2. The van der Waals surface area contributed by atoms with Crippen LogP contribution in [0.3, 0.4) is 0 Å². The summed E-state index contributed by atoms with van der Waals surface area (Å²) in [4.78, 5) is 4.99. The Labute approximate surface area is 110 Å². The zero-order valence-corrected chi connectivity index (χ0v) is 11.0. The quantitative estimate of drug-likeness (QED) is 0.606. The molecule has 3 heteroatoms. The van der Waals surface area contributed by atoms with Gasteiger partial charge in [0.2, 0.25) is 0 Å². The van der Waals surface area contributed by atoms with Gasteiger partial charge in [0, 0.05) is 51.5 Å². The van der Waals surface area contributed by atoms with Gasteiger partial charge in [0.15, 0.2) is 0 Å². The fourth-order valence-corrected chi connectivity index (χ4v) is 2.31. The molecule has 0 amide bonds. The molecular weight excluding hydrogens is 222 g/mol. The smallest absolute Gasteiger partial charge is 0.0367 e. The van der Waals surface area contributed by atoms with E-state index in [1.54, 1.807) is 0 Å². The molecule has 2 rings (SSSR count). The van der Waals surface area contributed by atoms with E-state index in [2.05, 4.69) is 52.0 Å². The van der Waals surface area contributed by atoms with Gasteiger partial charge in [-0.2, -0.15) is 0 Å². The molecule has 1 fully saturated rings. The molecule has 0 aliphatic carbocycles. The van der Waals surface area contributed by atoms with Crippen LogP contribution in [0, 0.1) is 0 Å². The van der Waals surface area contributed by atoms with Crippen molar-refractivity contribution in [1.29, 1.82) is 0 Å². The Kier molecular flexibility index (Phi) is 5.24. The minimum absolute atomic E-state index is 0.907. The SMILES string of the molecule is C=CCNCCN1CCN(c2ccccc2)CC1. The van der Waals surface area contributed by atoms with Crippen molar-refractivity contribution >= 4 is 5.69 Å². The molecule has 18 heavy (non-hydrogen) atoms. The van der Waals surface area contributed by atoms with Gasteiger partial charge in [0.1, 0.15) is 0 Å². The van der Waals surface area contributed by atoms with Crippen molar-refractivity contribution in [2.45, 2.75) is 0 Å². The van der Waals surface area contributed by atoms with E-state index in [1.807, 2.05) is 6.08 Å². The van der Waals surface area contributed by atoms with E-state index in [-0.39, 0.29) is 0 Å². The summed E-state index contributed by atoms with van der Waals surface area (Å²) >= 11 is 0. The highest BCUT2D eigenvalue weighted by molar-refractivity contribution is 5.46. The lowest BCUT2D eigenvalue weighted by Gasteiger charge is -2.36. The van der Waals surface area contributed by atoms with Crippen molar-refractivity contribution in [3.05, 3.63) is 43.0 Å². The second-order valence-electron chi connectivity index (χ2n) is 4.66. The maximum Gasteiger partial charge on any atom is 0.0367 e. The normalized spacial score (nSPS) is 16.8. The van der Waals surface area contributed by atoms with Crippen molar-refractivity contribution in [2.75, 3.05) is 50.7 Å². The molecule has 1 N–H and O–H groups in total. The van der Waals surface area contributed by atoms with Crippen LogP contribution in [-0.4, -0.2) is 50.7 Å². The number of anilines is 1. The fraction of sp³-hybridized carbons (Fsp3) is 0.467. The van der Waals surface area contributed by atoms with Crippen LogP contribution in [0.1, 0.15) is 0 Å². The van der Waals surface area contributed by atoms with E-state index in [0.717, 1.165) is 45.8 Å². The molecule has 0 bridgehead atoms. The summed E-state index contributed by atoms with van der Waals surface area (Å²) in [7, 11) is 0. The van der Waals surface area contributed by atoms with Gasteiger partial charge in [-0.25, -0.2) is 0 Å². The molecule has 1 heterocycles. The molecule has 1 saturated heterocycles. The number of nitrogens with one attached hydrogen (secondary N) is 1. The topological polar surface area (TPSA) is 18.5 Å². The van der Waals surface area contributed by atoms with Gasteiger partial charge in [0.25, 0.3) is 0 Å². The summed E-state index contributed by atoms with van der Waals surface area (Å²) in [6, 6.07) is 10.7. The van der Waals surface area contributed by atoms with Gasteiger partial charge in [-0.1, -0.05) is 24.3 Å². The third-order valence-corrected chi connectivity index (χ3v) is 3.39. The van der Waals surface area contributed by atoms with E-state index in [0.29, 0.717) is 0 Å². The van der Waals surface area contributed by atoms with Crippen LogP contribution in [0.5, 0.6) is 0 Å². The van der Waals surface area contributed by atoms with Gasteiger partial charge in [-0.3, -0.25) is 4.90 Å². The molecule has 0 unspecified atom stereocenters. The Balaban J connectivity index is 1.70. The number of hydrogen-bond acceptors (Lipinski definition) is 3. The molecule has 0 spiro atoms. The molecule has 0 aromatic heterocycles. The Hall–Kier alpha value is -1.32. The number of hydrogen-bond donors (Lipinski definition) is 1. The molecule has 1 aromatic carbocycles. The van der Waals surface area contributed by atoms with Gasteiger partial charge in [-0.05, 0) is 12.1 Å². The van der Waals surface area contributed by atoms with Crippen LogP contribution in [0.4, 0.5) is 5.69 Å². The van der Waals surface area contributed by atoms with Crippen molar-refractivity contribution in [3.8, 4) is 0 Å². The zero-order chi connectivity index (χ0) is 12.6. The van der Waals surface area contributed by atoms with E-state index in [9.17, 15) is 0 Å². The molecule has 3 nitrogen and oxygen atoms in total. The van der Waals surface area contributed by atoms with E-state index in [4.69, 9.17) is 0 Å². The summed E-state index contributed by atoms with van der Waals surface area (Å²) in [5.74, 6) is 0. The highest BCUT2D eigenvalue weighted by Crippen LogP contribution is 2.15. The van der Waals surface area contributed by atoms with Crippen molar-refractivity contribution in [3.63, 3.8) is 0 Å². The molecule has 0 atom stereocenters. The Morgan fingerprint density at radius 3 is 2.50 bits per heavy atom. The predicted octanol–water partition coefficient (Wildman–Crippen LogP) is 1.58. The average Bonchev–Trinajstić information content (AvgIpc) is 2.45. The summed E-state index contributed by atoms with van der Waals surface area (Å²) in [5, 5.41) is 3.35. The van der Waals surface area contributed by atoms with Crippen molar-refractivity contribution in [1.82, 2.24) is 10.2 Å². The predicted molar refractivity (Wildman–Crippen MR) is 78.2 cm³/mol. The fourth-order valence-electron chi connectivity index (χ4n) is 2.31. The maximum atomic E-state index is 3.71. The summed E-state index contributed by atoms with van der Waals surface area (Å²) in [6.07, 6.45) is 1.91. The van der Waals surface area contributed by atoms with Gasteiger partial charge >= 0.3 is 0 Å².